The molecule has 0 aliphatic carbocycles. The first-order valence-corrected chi connectivity index (χ1v) is 8.65. The molecule has 128 valence electrons. The van der Waals surface area contributed by atoms with Gasteiger partial charge in [0.1, 0.15) is 5.82 Å². The fraction of sp³-hybridized carbons (Fsp3) is 0.167. The first kappa shape index (κ1) is 17.4. The minimum atomic E-state index is -0.145. The van der Waals surface area contributed by atoms with Crippen LogP contribution in [0.3, 0.4) is 0 Å². The maximum atomic E-state index is 12.2. The number of benzene rings is 2. The zero-order valence-corrected chi connectivity index (χ0v) is 15.2. The Hall–Kier alpha value is -2.44. The molecule has 1 heterocycles. The van der Waals surface area contributed by atoms with Crippen LogP contribution in [0.1, 0.15) is 12.7 Å². The molecule has 0 bridgehead atoms. The highest BCUT2D eigenvalue weighted by Crippen LogP contribution is 2.14. The monoisotopic (exact) mass is 372 g/mol. The first-order chi connectivity index (χ1) is 12.1. The van der Waals surface area contributed by atoms with Gasteiger partial charge < -0.3 is 15.2 Å². The number of fused-ring (bicyclic) bond motifs is 1. The van der Waals surface area contributed by atoms with Crippen molar-refractivity contribution < 1.29 is 0 Å². The van der Waals surface area contributed by atoms with Crippen molar-refractivity contribution in [3.63, 3.8) is 0 Å². The van der Waals surface area contributed by atoms with Crippen LogP contribution in [0.25, 0.3) is 10.9 Å². The van der Waals surface area contributed by atoms with Crippen molar-refractivity contribution in [2.45, 2.75) is 13.5 Å². The molecule has 0 radical (unpaired) electrons. The normalized spacial score (nSPS) is 10.6. The van der Waals surface area contributed by atoms with Gasteiger partial charge >= 0.3 is 0 Å². The van der Waals surface area contributed by atoms with E-state index in [2.05, 4.69) is 15.3 Å². The lowest BCUT2D eigenvalue weighted by Crippen LogP contribution is -2.35. The molecule has 1 aromatic heterocycles. The predicted octanol–water partition coefficient (Wildman–Crippen LogP) is 3.80. The lowest BCUT2D eigenvalue weighted by Gasteiger charge is -2.24. The van der Waals surface area contributed by atoms with E-state index in [1.807, 2.05) is 42.2 Å². The summed E-state index contributed by atoms with van der Waals surface area (Å²) < 4.78 is 0. The quantitative estimate of drug-likeness (QED) is 0.682. The Bertz CT molecular complexity index is 955. The molecule has 0 spiro atoms. The minimum Gasteiger partial charge on any atom is -0.342 e. The number of thiocarbonyl (C=S) groups is 1. The number of nitrogens with zero attached hydrogens (tertiary/aromatic N) is 2. The zero-order chi connectivity index (χ0) is 17.8. The molecule has 2 N–H and O–H groups in total. The van der Waals surface area contributed by atoms with E-state index >= 15 is 0 Å². The van der Waals surface area contributed by atoms with Gasteiger partial charge in [0.05, 0.1) is 17.4 Å². The number of rotatable bonds is 4. The van der Waals surface area contributed by atoms with Crippen LogP contribution in [0.5, 0.6) is 0 Å². The Morgan fingerprint density at radius 2 is 1.96 bits per heavy atom. The molecule has 0 atom stereocenters. The third-order valence-corrected chi connectivity index (χ3v) is 4.38. The molecule has 3 aromatic rings. The second kappa shape index (κ2) is 7.63. The summed E-state index contributed by atoms with van der Waals surface area (Å²) >= 11 is 11.4. The Labute approximate surface area is 155 Å². The van der Waals surface area contributed by atoms with Gasteiger partial charge in [-0.15, -0.1) is 0 Å². The van der Waals surface area contributed by atoms with Gasteiger partial charge in [-0.25, -0.2) is 4.98 Å². The molecule has 2 aromatic carbocycles. The van der Waals surface area contributed by atoms with Gasteiger partial charge in [0.15, 0.2) is 5.11 Å². The van der Waals surface area contributed by atoms with E-state index in [0.717, 1.165) is 5.69 Å². The Kier molecular flexibility index (Phi) is 5.31. The van der Waals surface area contributed by atoms with Crippen LogP contribution >= 0.6 is 23.8 Å². The molecular formula is C18H17ClN4OS. The standard InChI is InChI=1S/C18H17ClN4OS/c1-2-23(18(25)20-13-9-7-12(19)8-10-13)11-16-21-15-6-4-3-5-14(15)17(24)22-16/h3-10H,2,11H2,1H3,(H,20,25)(H,21,22,24). The number of nitrogens with one attached hydrogen (secondary N) is 2. The van der Waals surface area contributed by atoms with Crippen molar-refractivity contribution in [3.8, 4) is 0 Å². The van der Waals surface area contributed by atoms with E-state index in [4.69, 9.17) is 23.8 Å². The van der Waals surface area contributed by atoms with E-state index < -0.39 is 0 Å². The van der Waals surface area contributed by atoms with Gasteiger partial charge in [0, 0.05) is 17.3 Å². The number of para-hydroxylation sites is 1. The largest absolute Gasteiger partial charge is 0.342 e. The molecule has 0 saturated carbocycles. The van der Waals surface area contributed by atoms with E-state index in [1.54, 1.807) is 18.2 Å². The number of aromatic amines is 1. The number of hydrogen-bond donors (Lipinski definition) is 2. The third kappa shape index (κ3) is 4.15. The summed E-state index contributed by atoms with van der Waals surface area (Å²) in [4.78, 5) is 21.5. The number of H-pyrrole nitrogens is 1. The summed E-state index contributed by atoms with van der Waals surface area (Å²) in [6, 6.07) is 14.6. The molecular weight excluding hydrogens is 356 g/mol. The van der Waals surface area contributed by atoms with Crippen LogP contribution in [-0.4, -0.2) is 26.5 Å². The number of anilines is 1. The van der Waals surface area contributed by atoms with Crippen molar-refractivity contribution in [3.05, 3.63) is 69.7 Å². The van der Waals surface area contributed by atoms with Crippen molar-refractivity contribution in [1.82, 2.24) is 14.9 Å². The highest BCUT2D eigenvalue weighted by atomic mass is 35.5. The minimum absolute atomic E-state index is 0.145. The molecule has 0 saturated heterocycles. The van der Waals surface area contributed by atoms with Crippen LogP contribution in [0.15, 0.2) is 53.3 Å². The second-order valence-electron chi connectivity index (χ2n) is 5.48. The number of aromatic nitrogens is 2. The average molecular weight is 373 g/mol. The van der Waals surface area contributed by atoms with Crippen molar-refractivity contribution in [2.24, 2.45) is 0 Å². The van der Waals surface area contributed by atoms with E-state index in [0.29, 0.717) is 40.0 Å². The molecule has 7 heteroatoms. The fourth-order valence-electron chi connectivity index (χ4n) is 2.45. The first-order valence-electron chi connectivity index (χ1n) is 7.86. The number of hydrogen-bond acceptors (Lipinski definition) is 3. The summed E-state index contributed by atoms with van der Waals surface area (Å²) in [7, 11) is 0. The van der Waals surface area contributed by atoms with Gasteiger partial charge in [-0.2, -0.15) is 0 Å². The fourth-order valence-corrected chi connectivity index (χ4v) is 2.89. The summed E-state index contributed by atoms with van der Waals surface area (Å²) in [5, 5.41) is 4.98. The van der Waals surface area contributed by atoms with Crippen molar-refractivity contribution in [2.75, 3.05) is 11.9 Å². The summed E-state index contributed by atoms with van der Waals surface area (Å²) in [6.45, 7) is 3.08. The molecule has 0 aliphatic heterocycles. The molecule has 0 amide bonds. The smallest absolute Gasteiger partial charge is 0.258 e. The number of halogens is 1. The SMILES string of the molecule is CCN(Cc1nc2ccccc2c(=O)[nH]1)C(=S)Nc1ccc(Cl)cc1. The Balaban J connectivity index is 1.78. The molecule has 0 fully saturated rings. The Morgan fingerprint density at radius 1 is 1.24 bits per heavy atom. The molecule has 5 nitrogen and oxygen atoms in total. The summed E-state index contributed by atoms with van der Waals surface area (Å²) in [5.74, 6) is 0.575. The van der Waals surface area contributed by atoms with Crippen molar-refractivity contribution >= 4 is 45.5 Å². The molecule has 0 unspecified atom stereocenters. The van der Waals surface area contributed by atoms with Crippen LogP contribution in [0.2, 0.25) is 5.02 Å². The van der Waals surface area contributed by atoms with E-state index in [9.17, 15) is 4.79 Å². The molecule has 25 heavy (non-hydrogen) atoms. The maximum absolute atomic E-state index is 12.2. The van der Waals surface area contributed by atoms with Crippen LogP contribution in [0.4, 0.5) is 5.69 Å². The van der Waals surface area contributed by atoms with E-state index in [1.165, 1.54) is 0 Å². The second-order valence-corrected chi connectivity index (χ2v) is 6.30. The highest BCUT2D eigenvalue weighted by Gasteiger charge is 2.11. The lowest BCUT2D eigenvalue weighted by atomic mass is 10.2. The van der Waals surface area contributed by atoms with Gasteiger partial charge in [-0.1, -0.05) is 23.7 Å². The third-order valence-electron chi connectivity index (χ3n) is 3.77. The van der Waals surface area contributed by atoms with Gasteiger partial charge in [0.25, 0.3) is 5.56 Å². The van der Waals surface area contributed by atoms with Crippen molar-refractivity contribution in [1.29, 1.82) is 0 Å². The van der Waals surface area contributed by atoms with E-state index in [-0.39, 0.29) is 5.56 Å². The molecule has 0 aliphatic rings. The van der Waals surface area contributed by atoms with Crippen LogP contribution in [0, 0.1) is 0 Å². The van der Waals surface area contributed by atoms with Gasteiger partial charge in [-0.05, 0) is 55.5 Å². The van der Waals surface area contributed by atoms with Crippen LogP contribution < -0.4 is 10.9 Å². The maximum Gasteiger partial charge on any atom is 0.258 e. The summed E-state index contributed by atoms with van der Waals surface area (Å²) in [5.41, 5.74) is 1.38. The predicted molar refractivity (Wildman–Crippen MR) is 106 cm³/mol. The van der Waals surface area contributed by atoms with Gasteiger partial charge in [-0.3, -0.25) is 4.79 Å². The molecule has 3 rings (SSSR count). The van der Waals surface area contributed by atoms with Crippen LogP contribution in [-0.2, 0) is 6.54 Å². The highest BCUT2D eigenvalue weighted by molar-refractivity contribution is 7.80. The average Bonchev–Trinajstić information content (AvgIpc) is 2.61. The topological polar surface area (TPSA) is 61.0 Å². The van der Waals surface area contributed by atoms with Gasteiger partial charge in [0.2, 0.25) is 0 Å². The lowest BCUT2D eigenvalue weighted by molar-refractivity contribution is 0.429. The summed E-state index contributed by atoms with van der Waals surface area (Å²) in [6.07, 6.45) is 0. The Morgan fingerprint density at radius 3 is 2.68 bits per heavy atom. The zero-order valence-electron chi connectivity index (χ0n) is 13.6.